The first kappa shape index (κ1) is 16.6. The van der Waals surface area contributed by atoms with E-state index in [1.54, 1.807) is 7.11 Å². The highest BCUT2D eigenvalue weighted by molar-refractivity contribution is 5.93. The van der Waals surface area contributed by atoms with Crippen LogP contribution < -0.4 is 9.47 Å². The molecule has 0 amide bonds. The number of carbonyl (C=O) groups excluding carboxylic acids is 1. The van der Waals surface area contributed by atoms with E-state index in [2.05, 4.69) is 13.5 Å². The van der Waals surface area contributed by atoms with E-state index in [4.69, 9.17) is 14.2 Å². The molecule has 0 radical (unpaired) electrons. The third-order valence-corrected chi connectivity index (χ3v) is 6.50. The van der Waals surface area contributed by atoms with Crippen molar-refractivity contribution >= 4 is 5.78 Å². The molecule has 2 aliphatic carbocycles. The van der Waals surface area contributed by atoms with E-state index >= 15 is 0 Å². The summed E-state index contributed by atoms with van der Waals surface area (Å²) in [5.41, 5.74) is 0.490. The van der Waals surface area contributed by atoms with E-state index in [0.717, 1.165) is 11.3 Å². The predicted octanol–water partition coefficient (Wildman–Crippen LogP) is 2.68. The minimum Gasteiger partial charge on any atom is -0.454 e. The third kappa shape index (κ3) is 2.19. The number of hydrogen-bond acceptors (Lipinski definition) is 5. The largest absolute Gasteiger partial charge is 0.454 e. The molecule has 1 aromatic rings. The number of methoxy groups -OCH3 is 1. The highest BCUT2D eigenvalue weighted by atomic mass is 16.7. The summed E-state index contributed by atoms with van der Waals surface area (Å²) in [6.07, 6.45) is 1.84. The topological polar surface area (TPSA) is 65.0 Å². The number of aliphatic hydroxyl groups is 1. The van der Waals surface area contributed by atoms with Gasteiger partial charge in [-0.1, -0.05) is 19.1 Å². The van der Waals surface area contributed by atoms with Gasteiger partial charge in [-0.2, -0.15) is 0 Å². The van der Waals surface area contributed by atoms with Crippen LogP contribution in [0, 0.1) is 17.3 Å². The highest BCUT2D eigenvalue weighted by Gasteiger charge is 2.64. The van der Waals surface area contributed by atoms with Gasteiger partial charge in [0.15, 0.2) is 11.5 Å². The van der Waals surface area contributed by atoms with Gasteiger partial charge in [-0.05, 0) is 42.4 Å². The quantitative estimate of drug-likeness (QED) is 0.851. The van der Waals surface area contributed by atoms with Gasteiger partial charge in [-0.15, -0.1) is 6.58 Å². The highest BCUT2D eigenvalue weighted by Crippen LogP contribution is 2.61. The van der Waals surface area contributed by atoms with Crippen LogP contribution in [0.15, 0.2) is 30.9 Å². The van der Waals surface area contributed by atoms with Crippen LogP contribution in [0.25, 0.3) is 0 Å². The molecule has 0 saturated heterocycles. The molecule has 6 atom stereocenters. The van der Waals surface area contributed by atoms with Gasteiger partial charge < -0.3 is 19.3 Å². The molecule has 4 rings (SSSR count). The first-order chi connectivity index (χ1) is 12.0. The number of hydrogen-bond donors (Lipinski definition) is 1. The number of carbonyl (C=O) groups is 1. The maximum Gasteiger partial charge on any atom is 0.231 e. The lowest BCUT2D eigenvalue weighted by Crippen LogP contribution is -2.50. The number of ether oxygens (including phenoxy) is 3. The van der Waals surface area contributed by atoms with Crippen molar-refractivity contribution in [3.8, 4) is 11.5 Å². The van der Waals surface area contributed by atoms with Crippen molar-refractivity contribution in [3.63, 3.8) is 0 Å². The first-order valence-corrected chi connectivity index (χ1v) is 8.79. The SMILES string of the molecule is C=CC[C@]12C[C@H](OC)[C@H](O)[C@H](C1=O)[C@H](c1ccc3c(c1)OCO3)[C@H]2C. The van der Waals surface area contributed by atoms with Crippen molar-refractivity contribution in [2.45, 2.75) is 37.9 Å². The predicted molar refractivity (Wildman–Crippen MR) is 91.6 cm³/mol. The van der Waals surface area contributed by atoms with Gasteiger partial charge in [0.2, 0.25) is 6.79 Å². The summed E-state index contributed by atoms with van der Waals surface area (Å²) >= 11 is 0. The smallest absolute Gasteiger partial charge is 0.231 e. The molecule has 2 fully saturated rings. The van der Waals surface area contributed by atoms with Crippen LogP contribution in [-0.4, -0.2) is 37.0 Å². The summed E-state index contributed by atoms with van der Waals surface area (Å²) in [5, 5.41) is 10.8. The normalized spacial score (nSPS) is 38.8. The molecule has 0 aromatic heterocycles. The van der Waals surface area contributed by atoms with Crippen LogP contribution in [0.1, 0.15) is 31.2 Å². The zero-order chi connectivity index (χ0) is 17.8. The second-order valence-electron chi connectivity index (χ2n) is 7.44. The lowest BCUT2D eigenvalue weighted by Gasteiger charge is -2.39. The Labute approximate surface area is 147 Å². The number of benzene rings is 1. The fourth-order valence-electron chi connectivity index (χ4n) is 5.21. The van der Waals surface area contributed by atoms with E-state index in [0.29, 0.717) is 18.6 Å². The van der Waals surface area contributed by atoms with Gasteiger partial charge in [0, 0.05) is 12.5 Å². The van der Waals surface area contributed by atoms with Crippen molar-refractivity contribution in [2.24, 2.45) is 17.3 Å². The Kier molecular flexibility index (Phi) is 3.89. The molecule has 5 heteroatoms. The lowest BCUT2D eigenvalue weighted by molar-refractivity contribution is -0.149. The third-order valence-electron chi connectivity index (χ3n) is 6.50. The molecule has 1 aliphatic heterocycles. The van der Waals surface area contributed by atoms with Gasteiger partial charge in [0.1, 0.15) is 5.78 Å². The van der Waals surface area contributed by atoms with Gasteiger partial charge in [-0.25, -0.2) is 0 Å². The van der Waals surface area contributed by atoms with Gasteiger partial charge in [0.05, 0.1) is 18.1 Å². The van der Waals surface area contributed by atoms with E-state index in [1.165, 1.54) is 0 Å². The summed E-state index contributed by atoms with van der Waals surface area (Å²) in [6.45, 7) is 6.19. The average molecular weight is 344 g/mol. The van der Waals surface area contributed by atoms with Crippen molar-refractivity contribution in [1.82, 2.24) is 0 Å². The maximum atomic E-state index is 13.3. The minimum atomic E-state index is -0.796. The van der Waals surface area contributed by atoms with E-state index < -0.39 is 17.4 Å². The molecule has 1 aromatic carbocycles. The Morgan fingerprint density at radius 1 is 1.36 bits per heavy atom. The Hall–Kier alpha value is -1.85. The summed E-state index contributed by atoms with van der Waals surface area (Å²) in [4.78, 5) is 13.3. The Morgan fingerprint density at radius 3 is 2.84 bits per heavy atom. The first-order valence-electron chi connectivity index (χ1n) is 8.79. The molecule has 134 valence electrons. The van der Waals surface area contributed by atoms with Crippen LogP contribution in [0.3, 0.4) is 0 Å². The number of rotatable bonds is 4. The van der Waals surface area contributed by atoms with Gasteiger partial charge >= 0.3 is 0 Å². The average Bonchev–Trinajstić information content (AvgIpc) is 3.13. The monoisotopic (exact) mass is 344 g/mol. The van der Waals surface area contributed by atoms with Crippen LogP contribution in [0.4, 0.5) is 0 Å². The number of aliphatic hydroxyl groups excluding tert-OH is 1. The van der Waals surface area contributed by atoms with Crippen LogP contribution in [-0.2, 0) is 9.53 Å². The van der Waals surface area contributed by atoms with Gasteiger partial charge in [-0.3, -0.25) is 4.79 Å². The summed E-state index contributed by atoms with van der Waals surface area (Å²) < 4.78 is 16.4. The Morgan fingerprint density at radius 2 is 2.12 bits per heavy atom. The molecular weight excluding hydrogens is 320 g/mol. The fourth-order valence-corrected chi connectivity index (χ4v) is 5.21. The molecule has 25 heavy (non-hydrogen) atoms. The van der Waals surface area contributed by atoms with Crippen LogP contribution in [0.2, 0.25) is 0 Å². The molecule has 0 spiro atoms. The molecule has 0 unspecified atom stereocenters. The molecule has 5 nitrogen and oxygen atoms in total. The lowest BCUT2D eigenvalue weighted by atomic mass is 9.67. The fraction of sp³-hybridized carbons (Fsp3) is 0.550. The van der Waals surface area contributed by atoms with Crippen LogP contribution >= 0.6 is 0 Å². The minimum absolute atomic E-state index is 0.0721. The zero-order valence-corrected chi connectivity index (χ0v) is 14.6. The standard InChI is InChI=1S/C20H24O5/c1-4-7-20-9-15(23-3)18(21)17(19(20)22)16(11(20)2)12-5-6-13-14(8-12)25-10-24-13/h4-6,8,11,15-18,21H,1,7,9-10H2,2-3H3/t11-,15+,16+,17-,18+,20-/m1/s1. The molecule has 2 saturated carbocycles. The Bertz CT molecular complexity index is 714. The van der Waals surface area contributed by atoms with Crippen LogP contribution in [0.5, 0.6) is 11.5 Å². The van der Waals surface area contributed by atoms with Crippen molar-refractivity contribution < 1.29 is 24.1 Å². The van der Waals surface area contributed by atoms with E-state index in [-0.39, 0.29) is 30.5 Å². The number of allylic oxidation sites excluding steroid dienone is 1. The van der Waals surface area contributed by atoms with Crippen molar-refractivity contribution in [3.05, 3.63) is 36.4 Å². The molecule has 2 bridgehead atoms. The number of fused-ring (bicyclic) bond motifs is 3. The zero-order valence-electron chi connectivity index (χ0n) is 14.6. The summed E-state index contributed by atoms with van der Waals surface area (Å²) in [7, 11) is 1.60. The maximum absolute atomic E-state index is 13.3. The molecule has 1 N–H and O–H groups in total. The van der Waals surface area contributed by atoms with Gasteiger partial charge in [0.25, 0.3) is 0 Å². The second kappa shape index (κ2) is 5.85. The summed E-state index contributed by atoms with van der Waals surface area (Å²) in [5.74, 6) is 1.11. The number of ketones is 1. The molecule has 3 aliphatic rings. The molecule has 1 heterocycles. The summed E-state index contributed by atoms with van der Waals surface area (Å²) in [6, 6.07) is 5.82. The molecular formula is C20H24O5. The Balaban J connectivity index is 1.80. The van der Waals surface area contributed by atoms with Crippen molar-refractivity contribution in [2.75, 3.05) is 13.9 Å². The van der Waals surface area contributed by atoms with E-state index in [9.17, 15) is 9.90 Å². The van der Waals surface area contributed by atoms with Crippen molar-refractivity contribution in [1.29, 1.82) is 0 Å². The second-order valence-corrected chi connectivity index (χ2v) is 7.44. The number of Topliss-reactive ketones (excluding diaryl/α,β-unsaturated/α-hetero) is 1. The van der Waals surface area contributed by atoms with E-state index in [1.807, 2.05) is 24.3 Å².